The molecule has 0 aliphatic rings. The third-order valence-corrected chi connectivity index (χ3v) is 6.45. The van der Waals surface area contributed by atoms with Crippen LogP contribution in [0.5, 0.6) is 5.75 Å². The Labute approximate surface area is 208 Å². The van der Waals surface area contributed by atoms with Crippen LogP contribution in [0.3, 0.4) is 0 Å². The monoisotopic (exact) mass is 606 g/mol. The van der Waals surface area contributed by atoms with E-state index in [0.717, 1.165) is 19.2 Å². The zero-order chi connectivity index (χ0) is 22.4. The summed E-state index contributed by atoms with van der Waals surface area (Å²) in [5.41, 5.74) is 3.38. The molecule has 0 bridgehead atoms. The first-order valence-corrected chi connectivity index (χ1v) is 11.4. The lowest BCUT2D eigenvalue weighted by Gasteiger charge is -2.13. The number of nitriles is 1. The number of ether oxygens (including phenoxy) is 1. The summed E-state index contributed by atoms with van der Waals surface area (Å²) < 4.78 is 7.62. The van der Waals surface area contributed by atoms with Gasteiger partial charge in [0.05, 0.1) is 7.11 Å². The molecule has 156 valence electrons. The van der Waals surface area contributed by atoms with Crippen LogP contribution >= 0.6 is 50.1 Å². The van der Waals surface area contributed by atoms with Crippen molar-refractivity contribution >= 4 is 67.8 Å². The Hall–Kier alpha value is -2.34. The maximum absolute atomic E-state index is 12.6. The van der Waals surface area contributed by atoms with Gasteiger partial charge in [-0.1, -0.05) is 51.8 Å². The number of hydrogen-bond acceptors (Lipinski definition) is 3. The third kappa shape index (κ3) is 6.10. The van der Waals surface area contributed by atoms with Gasteiger partial charge in [-0.25, -0.2) is 0 Å². The fraction of sp³-hybridized carbons (Fsp3) is 0.0833. The van der Waals surface area contributed by atoms with E-state index in [2.05, 4.69) is 49.9 Å². The lowest BCUT2D eigenvalue weighted by Crippen LogP contribution is -2.13. The van der Waals surface area contributed by atoms with Gasteiger partial charge in [0, 0.05) is 30.7 Å². The largest absolute Gasteiger partial charge is 0.496 e. The molecule has 0 saturated heterocycles. The van der Waals surface area contributed by atoms with Crippen molar-refractivity contribution in [2.24, 2.45) is 0 Å². The maximum Gasteiger partial charge on any atom is 0.266 e. The molecule has 0 radical (unpaired) electrons. The smallest absolute Gasteiger partial charge is 0.266 e. The number of hydrogen-bond donors (Lipinski definition) is 1. The molecule has 3 aromatic carbocycles. The number of methoxy groups -OCH3 is 1. The second-order valence-corrected chi connectivity index (χ2v) is 9.04. The summed E-state index contributed by atoms with van der Waals surface area (Å²) >= 11 is 11.8. The Morgan fingerprint density at radius 2 is 2.00 bits per heavy atom. The molecule has 0 spiro atoms. The zero-order valence-electron chi connectivity index (χ0n) is 16.5. The number of benzene rings is 3. The van der Waals surface area contributed by atoms with Gasteiger partial charge in [0.25, 0.3) is 5.91 Å². The Morgan fingerprint density at radius 3 is 2.68 bits per heavy atom. The third-order valence-electron chi connectivity index (χ3n) is 4.48. The highest BCUT2D eigenvalue weighted by molar-refractivity contribution is 14.1. The molecule has 0 aliphatic carbocycles. The molecule has 0 aromatic heterocycles. The van der Waals surface area contributed by atoms with Gasteiger partial charge < -0.3 is 10.1 Å². The summed E-state index contributed by atoms with van der Waals surface area (Å²) in [6.45, 7) is 0. The Bertz CT molecular complexity index is 1200. The van der Waals surface area contributed by atoms with Crippen molar-refractivity contribution in [3.63, 3.8) is 0 Å². The Balaban J connectivity index is 1.90. The van der Waals surface area contributed by atoms with Crippen LogP contribution in [0.2, 0.25) is 5.02 Å². The van der Waals surface area contributed by atoms with Crippen molar-refractivity contribution in [3.8, 4) is 11.8 Å². The molecule has 1 N–H and O–H groups in total. The maximum atomic E-state index is 12.6. The van der Waals surface area contributed by atoms with Crippen LogP contribution in [-0.2, 0) is 11.2 Å². The van der Waals surface area contributed by atoms with Gasteiger partial charge in [-0.15, -0.1) is 0 Å². The van der Waals surface area contributed by atoms with E-state index in [0.29, 0.717) is 28.4 Å². The minimum absolute atomic E-state index is 0.0172. The van der Waals surface area contributed by atoms with Crippen LogP contribution in [0.4, 0.5) is 5.69 Å². The predicted octanol–water partition coefficient (Wildman–Crippen LogP) is 6.85. The molecule has 3 rings (SSSR count). The number of halogens is 3. The molecule has 31 heavy (non-hydrogen) atoms. The molecular weight excluding hydrogens is 591 g/mol. The fourth-order valence-corrected chi connectivity index (χ4v) is 4.41. The highest BCUT2D eigenvalue weighted by Gasteiger charge is 2.14. The van der Waals surface area contributed by atoms with Crippen LogP contribution in [-0.4, -0.2) is 13.0 Å². The second-order valence-electron chi connectivity index (χ2n) is 6.59. The topological polar surface area (TPSA) is 62.1 Å². The Kier molecular flexibility index (Phi) is 8.13. The number of rotatable bonds is 6. The fourth-order valence-electron chi connectivity index (χ4n) is 2.98. The first kappa shape index (κ1) is 23.3. The highest BCUT2D eigenvalue weighted by atomic mass is 127. The van der Waals surface area contributed by atoms with Gasteiger partial charge in [-0.05, 0) is 76.2 Å². The second kappa shape index (κ2) is 10.8. The van der Waals surface area contributed by atoms with Crippen molar-refractivity contribution in [1.82, 2.24) is 0 Å². The van der Waals surface area contributed by atoms with E-state index in [4.69, 9.17) is 16.3 Å². The van der Waals surface area contributed by atoms with E-state index in [1.54, 1.807) is 37.5 Å². The van der Waals surface area contributed by atoms with Gasteiger partial charge in [-0.3, -0.25) is 4.79 Å². The van der Waals surface area contributed by atoms with Crippen LogP contribution in [0.1, 0.15) is 16.7 Å². The van der Waals surface area contributed by atoms with E-state index >= 15 is 0 Å². The van der Waals surface area contributed by atoms with Gasteiger partial charge in [0.2, 0.25) is 0 Å². The van der Waals surface area contributed by atoms with Crippen LogP contribution in [0.15, 0.2) is 70.7 Å². The number of carbonyl (C=O) groups excluding carboxylic acids is 1. The molecule has 0 heterocycles. The molecule has 0 aliphatic heterocycles. The van der Waals surface area contributed by atoms with Gasteiger partial charge >= 0.3 is 0 Å². The number of amides is 1. The van der Waals surface area contributed by atoms with E-state index in [1.807, 2.05) is 36.4 Å². The van der Waals surface area contributed by atoms with Crippen LogP contribution in [0, 0.1) is 14.9 Å². The lowest BCUT2D eigenvalue weighted by molar-refractivity contribution is -0.112. The predicted molar refractivity (Wildman–Crippen MR) is 136 cm³/mol. The molecule has 4 nitrogen and oxygen atoms in total. The zero-order valence-corrected chi connectivity index (χ0v) is 21.0. The van der Waals surface area contributed by atoms with Gasteiger partial charge in [0.15, 0.2) is 0 Å². The summed E-state index contributed by atoms with van der Waals surface area (Å²) in [4.78, 5) is 12.6. The van der Waals surface area contributed by atoms with Crippen molar-refractivity contribution in [2.45, 2.75) is 6.42 Å². The van der Waals surface area contributed by atoms with Gasteiger partial charge in [-0.2, -0.15) is 5.26 Å². The normalized spacial score (nSPS) is 11.0. The number of nitrogens with one attached hydrogen (secondary N) is 1. The minimum Gasteiger partial charge on any atom is -0.496 e. The summed E-state index contributed by atoms with van der Waals surface area (Å²) in [7, 11) is 1.61. The molecule has 0 atom stereocenters. The van der Waals surface area contributed by atoms with Crippen molar-refractivity contribution in [1.29, 1.82) is 5.26 Å². The highest BCUT2D eigenvalue weighted by Crippen LogP contribution is 2.31. The van der Waals surface area contributed by atoms with Crippen molar-refractivity contribution < 1.29 is 9.53 Å². The molecule has 0 fully saturated rings. The standard InChI is InChI=1S/C24H17BrClIN2O2/c1-31-23-11-15(10-22(27)20(23)12-16-5-2-3-8-21(16)25)9-17(14-28)24(30)29-19-7-4-6-18(26)13-19/h2-11,13H,12H2,1H3,(H,29,30)/b17-9+. The van der Waals surface area contributed by atoms with E-state index < -0.39 is 5.91 Å². The quantitative estimate of drug-likeness (QED) is 0.189. The van der Waals surface area contributed by atoms with Crippen molar-refractivity contribution in [3.05, 3.63) is 96.0 Å². The molecule has 1 amide bonds. The van der Waals surface area contributed by atoms with Crippen LogP contribution in [0.25, 0.3) is 6.08 Å². The van der Waals surface area contributed by atoms with Gasteiger partial charge in [0.1, 0.15) is 17.4 Å². The Morgan fingerprint density at radius 1 is 1.23 bits per heavy atom. The minimum atomic E-state index is -0.504. The van der Waals surface area contributed by atoms with E-state index in [9.17, 15) is 10.1 Å². The molecule has 3 aromatic rings. The SMILES string of the molecule is COc1cc(/C=C(\C#N)C(=O)Nc2cccc(Cl)c2)cc(I)c1Cc1ccccc1Br. The van der Waals surface area contributed by atoms with E-state index in [-0.39, 0.29) is 5.57 Å². The summed E-state index contributed by atoms with van der Waals surface area (Å²) in [6, 6.07) is 20.5. The lowest BCUT2D eigenvalue weighted by atomic mass is 10.0. The van der Waals surface area contributed by atoms with E-state index in [1.165, 1.54) is 0 Å². The average molecular weight is 608 g/mol. The average Bonchev–Trinajstić information content (AvgIpc) is 2.74. The van der Waals surface area contributed by atoms with Crippen LogP contribution < -0.4 is 10.1 Å². The molecule has 7 heteroatoms. The molecule has 0 saturated carbocycles. The number of anilines is 1. The molecular formula is C24H17BrClIN2O2. The summed E-state index contributed by atoms with van der Waals surface area (Å²) in [5, 5.41) is 12.7. The summed E-state index contributed by atoms with van der Waals surface area (Å²) in [5.74, 6) is 0.192. The van der Waals surface area contributed by atoms with Crippen molar-refractivity contribution in [2.75, 3.05) is 12.4 Å². The summed E-state index contributed by atoms with van der Waals surface area (Å²) in [6.07, 6.45) is 2.24. The number of carbonyl (C=O) groups is 1. The molecule has 0 unspecified atom stereocenters. The first-order chi connectivity index (χ1) is 14.9. The first-order valence-electron chi connectivity index (χ1n) is 9.19. The number of nitrogens with zero attached hydrogens (tertiary/aromatic N) is 1.